The number of carbonyl (C=O) groups is 1. The van der Waals surface area contributed by atoms with Crippen LogP contribution >= 0.6 is 0 Å². The highest BCUT2D eigenvalue weighted by Gasteiger charge is 2.13. The Morgan fingerprint density at radius 1 is 1.75 bits per heavy atom. The highest BCUT2D eigenvalue weighted by atomic mass is 16.3. The van der Waals surface area contributed by atoms with Gasteiger partial charge in [0.15, 0.2) is 5.78 Å². The van der Waals surface area contributed by atoms with Crippen molar-refractivity contribution >= 4 is 5.78 Å². The summed E-state index contributed by atoms with van der Waals surface area (Å²) in [6.07, 6.45) is 5.89. The van der Waals surface area contributed by atoms with Crippen LogP contribution in [-0.2, 0) is 4.79 Å². The number of ketones is 1. The van der Waals surface area contributed by atoms with Crippen LogP contribution in [0.2, 0.25) is 0 Å². The van der Waals surface area contributed by atoms with E-state index in [-0.39, 0.29) is 11.9 Å². The number of hydrogen-bond donors (Lipinski definition) is 1. The van der Waals surface area contributed by atoms with Crippen LogP contribution in [0.15, 0.2) is 11.6 Å². The maximum atomic E-state index is 11.4. The lowest BCUT2D eigenvalue weighted by Gasteiger charge is -2.03. The van der Waals surface area contributed by atoms with Gasteiger partial charge in [-0.3, -0.25) is 4.79 Å². The molecular formula is C10H16O2. The van der Waals surface area contributed by atoms with Gasteiger partial charge >= 0.3 is 0 Å². The van der Waals surface area contributed by atoms with E-state index >= 15 is 0 Å². The van der Waals surface area contributed by atoms with E-state index in [1.807, 2.05) is 6.08 Å². The summed E-state index contributed by atoms with van der Waals surface area (Å²) in [6, 6.07) is 0. The number of Topliss-reactive ketones (excluding diaryl/α,β-unsaturated/α-hetero) is 1. The molecule has 1 aliphatic rings. The molecule has 2 heteroatoms. The molecule has 0 aliphatic heterocycles. The molecule has 1 aliphatic carbocycles. The van der Waals surface area contributed by atoms with Gasteiger partial charge in [-0.2, -0.15) is 0 Å². The molecule has 1 unspecified atom stereocenters. The van der Waals surface area contributed by atoms with E-state index in [4.69, 9.17) is 5.11 Å². The predicted octanol–water partition coefficient (Wildman–Crippen LogP) is 1.83. The zero-order chi connectivity index (χ0) is 8.97. The molecule has 0 spiro atoms. The molecule has 0 fully saturated rings. The molecule has 1 atom stereocenters. The lowest BCUT2D eigenvalue weighted by Crippen LogP contribution is -2.06. The van der Waals surface area contributed by atoms with Crippen LogP contribution in [0.1, 0.15) is 39.0 Å². The van der Waals surface area contributed by atoms with E-state index in [1.54, 1.807) is 6.92 Å². The standard InChI is InChI=1S/C10H16O2/c1-8(11)6-7-10(12)9-4-2-3-5-9/h4,8,11H,2-3,5-7H2,1H3. The Kier molecular flexibility index (Phi) is 3.48. The van der Waals surface area contributed by atoms with Gasteiger partial charge in [0.1, 0.15) is 0 Å². The summed E-state index contributed by atoms with van der Waals surface area (Å²) in [6.45, 7) is 1.72. The Labute approximate surface area is 73.3 Å². The fourth-order valence-electron chi connectivity index (χ4n) is 1.42. The maximum absolute atomic E-state index is 11.4. The summed E-state index contributed by atoms with van der Waals surface area (Å²) < 4.78 is 0. The lowest BCUT2D eigenvalue weighted by molar-refractivity contribution is -0.116. The predicted molar refractivity (Wildman–Crippen MR) is 47.9 cm³/mol. The first-order valence-corrected chi connectivity index (χ1v) is 4.60. The van der Waals surface area contributed by atoms with Gasteiger partial charge < -0.3 is 5.11 Å². The van der Waals surface area contributed by atoms with E-state index in [0.717, 1.165) is 24.8 Å². The average molecular weight is 168 g/mol. The van der Waals surface area contributed by atoms with Gasteiger partial charge in [-0.05, 0) is 38.2 Å². The molecule has 12 heavy (non-hydrogen) atoms. The van der Waals surface area contributed by atoms with Crippen molar-refractivity contribution < 1.29 is 9.90 Å². The molecule has 0 bridgehead atoms. The third-order valence-corrected chi connectivity index (χ3v) is 2.19. The molecule has 0 aromatic heterocycles. The molecule has 68 valence electrons. The van der Waals surface area contributed by atoms with Crippen molar-refractivity contribution in [3.05, 3.63) is 11.6 Å². The summed E-state index contributed by atoms with van der Waals surface area (Å²) >= 11 is 0. The Bertz CT molecular complexity index is 192. The number of rotatable bonds is 4. The Hall–Kier alpha value is -0.630. The topological polar surface area (TPSA) is 37.3 Å². The average Bonchev–Trinajstić information content (AvgIpc) is 2.51. The van der Waals surface area contributed by atoms with Gasteiger partial charge in [0, 0.05) is 6.42 Å². The van der Waals surface area contributed by atoms with Gasteiger partial charge in [0.2, 0.25) is 0 Å². The minimum atomic E-state index is -0.351. The van der Waals surface area contributed by atoms with Crippen molar-refractivity contribution in [3.63, 3.8) is 0 Å². The molecule has 2 nitrogen and oxygen atoms in total. The second-order valence-corrected chi connectivity index (χ2v) is 3.43. The molecule has 1 N–H and O–H groups in total. The number of carbonyl (C=O) groups excluding carboxylic acids is 1. The Balaban J connectivity index is 2.28. The monoisotopic (exact) mass is 168 g/mol. The van der Waals surface area contributed by atoms with Crippen molar-refractivity contribution in [2.75, 3.05) is 0 Å². The zero-order valence-electron chi connectivity index (χ0n) is 7.55. The first kappa shape index (κ1) is 9.46. The van der Waals surface area contributed by atoms with Gasteiger partial charge in [0.05, 0.1) is 6.10 Å². The smallest absolute Gasteiger partial charge is 0.158 e. The number of aliphatic hydroxyl groups is 1. The van der Waals surface area contributed by atoms with Crippen LogP contribution < -0.4 is 0 Å². The van der Waals surface area contributed by atoms with Crippen LogP contribution in [0.25, 0.3) is 0 Å². The second kappa shape index (κ2) is 4.41. The highest BCUT2D eigenvalue weighted by Crippen LogP contribution is 2.20. The van der Waals surface area contributed by atoms with Crippen molar-refractivity contribution in [2.24, 2.45) is 0 Å². The minimum Gasteiger partial charge on any atom is -0.393 e. The van der Waals surface area contributed by atoms with Crippen LogP contribution in [0, 0.1) is 0 Å². The number of hydrogen-bond acceptors (Lipinski definition) is 2. The summed E-state index contributed by atoms with van der Waals surface area (Å²) in [5.41, 5.74) is 0.982. The van der Waals surface area contributed by atoms with Crippen molar-refractivity contribution in [1.82, 2.24) is 0 Å². The molecule has 0 saturated heterocycles. The second-order valence-electron chi connectivity index (χ2n) is 3.43. The number of aliphatic hydroxyl groups excluding tert-OH is 1. The van der Waals surface area contributed by atoms with Crippen molar-refractivity contribution in [3.8, 4) is 0 Å². The van der Waals surface area contributed by atoms with Crippen LogP contribution in [0.4, 0.5) is 0 Å². The van der Waals surface area contributed by atoms with Gasteiger partial charge in [-0.1, -0.05) is 6.08 Å². The van der Waals surface area contributed by atoms with Crippen LogP contribution in [0.5, 0.6) is 0 Å². The van der Waals surface area contributed by atoms with E-state index in [9.17, 15) is 4.79 Å². The molecule has 0 heterocycles. The fourth-order valence-corrected chi connectivity index (χ4v) is 1.42. The van der Waals surface area contributed by atoms with Gasteiger partial charge in [-0.15, -0.1) is 0 Å². The molecular weight excluding hydrogens is 152 g/mol. The van der Waals surface area contributed by atoms with E-state index in [2.05, 4.69) is 0 Å². The molecule has 0 aromatic carbocycles. The SMILES string of the molecule is CC(O)CCC(=O)C1=CCCC1. The summed E-state index contributed by atoms with van der Waals surface area (Å²) in [7, 11) is 0. The molecule has 0 amide bonds. The Morgan fingerprint density at radius 2 is 2.50 bits per heavy atom. The van der Waals surface area contributed by atoms with E-state index < -0.39 is 0 Å². The van der Waals surface area contributed by atoms with E-state index in [1.165, 1.54) is 0 Å². The van der Waals surface area contributed by atoms with Gasteiger partial charge in [0.25, 0.3) is 0 Å². The third kappa shape index (κ3) is 2.78. The summed E-state index contributed by atoms with van der Waals surface area (Å²) in [5.74, 6) is 0.230. The summed E-state index contributed by atoms with van der Waals surface area (Å²) in [5, 5.41) is 8.97. The van der Waals surface area contributed by atoms with Gasteiger partial charge in [-0.25, -0.2) is 0 Å². The Morgan fingerprint density at radius 3 is 3.00 bits per heavy atom. The third-order valence-electron chi connectivity index (χ3n) is 2.19. The fraction of sp³-hybridized carbons (Fsp3) is 0.700. The maximum Gasteiger partial charge on any atom is 0.158 e. The quantitative estimate of drug-likeness (QED) is 0.695. The van der Waals surface area contributed by atoms with Crippen LogP contribution in [0.3, 0.4) is 0 Å². The molecule has 1 rings (SSSR count). The largest absolute Gasteiger partial charge is 0.393 e. The normalized spacial score (nSPS) is 19.0. The summed E-state index contributed by atoms with van der Waals surface area (Å²) in [4.78, 5) is 11.4. The van der Waals surface area contributed by atoms with E-state index in [0.29, 0.717) is 12.8 Å². The van der Waals surface area contributed by atoms with Crippen LogP contribution in [-0.4, -0.2) is 17.0 Å². The molecule has 0 radical (unpaired) electrons. The first-order chi connectivity index (χ1) is 5.70. The minimum absolute atomic E-state index is 0.230. The highest BCUT2D eigenvalue weighted by molar-refractivity contribution is 5.95. The first-order valence-electron chi connectivity index (χ1n) is 4.60. The lowest BCUT2D eigenvalue weighted by atomic mass is 10.1. The molecule has 0 aromatic rings. The molecule has 0 saturated carbocycles. The van der Waals surface area contributed by atoms with Crippen molar-refractivity contribution in [1.29, 1.82) is 0 Å². The number of allylic oxidation sites excluding steroid dienone is 2. The van der Waals surface area contributed by atoms with Crippen molar-refractivity contribution in [2.45, 2.75) is 45.1 Å². The zero-order valence-corrected chi connectivity index (χ0v) is 7.55.